The van der Waals surface area contributed by atoms with Crippen LogP contribution in [0.5, 0.6) is 0 Å². The maximum atomic E-state index is 11.2. The highest BCUT2D eigenvalue weighted by Gasteiger charge is 2.18. The molecule has 0 saturated carbocycles. The van der Waals surface area contributed by atoms with Crippen LogP contribution in [0.2, 0.25) is 0 Å². The maximum Gasteiger partial charge on any atom is 0.236 e. The smallest absolute Gasteiger partial charge is 0.236 e. The second-order valence-corrected chi connectivity index (χ2v) is 3.30. The number of hydrogen-bond acceptors (Lipinski definition) is 3. The fourth-order valence-electron chi connectivity index (χ4n) is 1.27. The molecule has 1 aliphatic heterocycles. The Bertz CT molecular complexity index is 161. The summed E-state index contributed by atoms with van der Waals surface area (Å²) in [6.45, 7) is 4.84. The summed E-state index contributed by atoms with van der Waals surface area (Å²) in [5.41, 5.74) is 0. The highest BCUT2D eigenvalue weighted by Crippen LogP contribution is 2.01. The first-order valence-electron chi connectivity index (χ1n) is 4.33. The number of amides is 1. The zero-order valence-corrected chi connectivity index (χ0v) is 7.42. The number of piperazine rings is 1. The molecule has 1 unspecified atom stereocenters. The number of nitrogens with one attached hydrogen (secondary N) is 1. The molecule has 0 aromatic heterocycles. The van der Waals surface area contributed by atoms with Crippen molar-refractivity contribution in [2.45, 2.75) is 6.92 Å². The first-order chi connectivity index (χ1) is 5.74. The van der Waals surface area contributed by atoms with E-state index in [2.05, 4.69) is 5.32 Å². The minimum atomic E-state index is 0.140. The van der Waals surface area contributed by atoms with Crippen molar-refractivity contribution in [2.75, 3.05) is 32.8 Å². The summed E-state index contributed by atoms with van der Waals surface area (Å²) in [5, 5.41) is 11.8. The Balaban J connectivity index is 2.34. The summed E-state index contributed by atoms with van der Waals surface area (Å²) in [4.78, 5) is 13.0. The van der Waals surface area contributed by atoms with Gasteiger partial charge < -0.3 is 15.3 Å². The van der Waals surface area contributed by atoms with Gasteiger partial charge >= 0.3 is 0 Å². The molecular formula is C8H16N2O2. The minimum Gasteiger partial charge on any atom is -0.396 e. The summed E-state index contributed by atoms with van der Waals surface area (Å²) in [5.74, 6) is 0.327. The van der Waals surface area contributed by atoms with E-state index < -0.39 is 0 Å². The summed E-state index contributed by atoms with van der Waals surface area (Å²) in [7, 11) is 0. The summed E-state index contributed by atoms with van der Waals surface area (Å²) < 4.78 is 0. The van der Waals surface area contributed by atoms with E-state index in [1.165, 1.54) is 0 Å². The van der Waals surface area contributed by atoms with Gasteiger partial charge in [0.15, 0.2) is 0 Å². The molecule has 2 N–H and O–H groups in total. The predicted octanol–water partition coefficient (Wildman–Crippen LogP) is -0.953. The second kappa shape index (κ2) is 4.42. The molecule has 1 aliphatic rings. The van der Waals surface area contributed by atoms with Crippen molar-refractivity contribution in [1.29, 1.82) is 0 Å². The van der Waals surface area contributed by atoms with E-state index in [0.717, 1.165) is 13.1 Å². The third-order valence-electron chi connectivity index (χ3n) is 2.03. The zero-order chi connectivity index (χ0) is 8.97. The Morgan fingerprint density at radius 2 is 2.50 bits per heavy atom. The van der Waals surface area contributed by atoms with Crippen LogP contribution < -0.4 is 5.32 Å². The Morgan fingerprint density at radius 1 is 1.75 bits per heavy atom. The Labute approximate surface area is 72.6 Å². The van der Waals surface area contributed by atoms with E-state index in [1.807, 2.05) is 6.92 Å². The van der Waals surface area contributed by atoms with Gasteiger partial charge in [0.05, 0.1) is 6.54 Å². The van der Waals surface area contributed by atoms with Crippen LogP contribution in [0.4, 0.5) is 0 Å². The molecule has 1 atom stereocenters. The van der Waals surface area contributed by atoms with Crippen molar-refractivity contribution < 1.29 is 9.90 Å². The quantitative estimate of drug-likeness (QED) is 0.577. The van der Waals surface area contributed by atoms with Crippen LogP contribution in [-0.4, -0.2) is 48.7 Å². The van der Waals surface area contributed by atoms with E-state index in [-0.39, 0.29) is 18.4 Å². The highest BCUT2D eigenvalue weighted by atomic mass is 16.3. The Morgan fingerprint density at radius 3 is 3.08 bits per heavy atom. The first kappa shape index (κ1) is 9.48. The van der Waals surface area contributed by atoms with Gasteiger partial charge in [-0.25, -0.2) is 0 Å². The third kappa shape index (κ3) is 2.46. The fraction of sp³-hybridized carbons (Fsp3) is 0.875. The topological polar surface area (TPSA) is 52.6 Å². The SMILES string of the molecule is CC(CO)CN1CCNCC1=O. The summed E-state index contributed by atoms with van der Waals surface area (Å²) >= 11 is 0. The largest absolute Gasteiger partial charge is 0.396 e. The third-order valence-corrected chi connectivity index (χ3v) is 2.03. The van der Waals surface area contributed by atoms with E-state index in [0.29, 0.717) is 13.1 Å². The van der Waals surface area contributed by atoms with Crippen molar-refractivity contribution in [3.63, 3.8) is 0 Å². The first-order valence-corrected chi connectivity index (χ1v) is 4.33. The molecule has 0 spiro atoms. The number of aliphatic hydroxyl groups excluding tert-OH is 1. The molecule has 4 heteroatoms. The standard InChI is InChI=1S/C8H16N2O2/c1-7(6-11)5-10-3-2-9-4-8(10)12/h7,9,11H,2-6H2,1H3. The lowest BCUT2D eigenvalue weighted by Crippen LogP contribution is -2.49. The lowest BCUT2D eigenvalue weighted by molar-refractivity contribution is -0.132. The van der Waals surface area contributed by atoms with Crippen molar-refractivity contribution >= 4 is 5.91 Å². The molecule has 0 aromatic rings. The molecule has 0 aromatic carbocycles. The molecule has 1 amide bonds. The van der Waals surface area contributed by atoms with E-state index in [1.54, 1.807) is 4.90 Å². The molecular weight excluding hydrogens is 156 g/mol. The van der Waals surface area contributed by atoms with Crippen molar-refractivity contribution in [3.8, 4) is 0 Å². The van der Waals surface area contributed by atoms with Crippen molar-refractivity contribution in [2.24, 2.45) is 5.92 Å². The van der Waals surface area contributed by atoms with E-state index in [9.17, 15) is 4.79 Å². The Kier molecular flexibility index (Phi) is 3.49. The number of nitrogens with zero attached hydrogens (tertiary/aromatic N) is 1. The minimum absolute atomic E-state index is 0.140. The van der Waals surface area contributed by atoms with Gasteiger partial charge in [0.1, 0.15) is 0 Å². The molecule has 1 heterocycles. The van der Waals surface area contributed by atoms with Gasteiger partial charge in [0.2, 0.25) is 5.91 Å². The van der Waals surface area contributed by atoms with Crippen LogP contribution >= 0.6 is 0 Å². The molecule has 0 aliphatic carbocycles. The lowest BCUT2D eigenvalue weighted by Gasteiger charge is -2.29. The van der Waals surface area contributed by atoms with Gasteiger partial charge in [-0.2, -0.15) is 0 Å². The van der Waals surface area contributed by atoms with Gasteiger partial charge in [-0.3, -0.25) is 4.79 Å². The summed E-state index contributed by atoms with van der Waals surface area (Å²) in [6, 6.07) is 0. The maximum absolute atomic E-state index is 11.2. The number of carbonyl (C=O) groups is 1. The average Bonchev–Trinajstić information content (AvgIpc) is 2.09. The normalized spacial score (nSPS) is 21.2. The van der Waals surface area contributed by atoms with Gasteiger partial charge in [-0.1, -0.05) is 6.92 Å². The van der Waals surface area contributed by atoms with Gasteiger partial charge in [-0.05, 0) is 5.92 Å². The number of aliphatic hydroxyl groups is 1. The molecule has 70 valence electrons. The summed E-state index contributed by atoms with van der Waals surface area (Å²) in [6.07, 6.45) is 0. The molecule has 0 radical (unpaired) electrons. The van der Waals surface area contributed by atoms with Crippen LogP contribution in [0.25, 0.3) is 0 Å². The van der Waals surface area contributed by atoms with Crippen molar-refractivity contribution in [3.05, 3.63) is 0 Å². The van der Waals surface area contributed by atoms with E-state index >= 15 is 0 Å². The lowest BCUT2D eigenvalue weighted by atomic mass is 10.1. The van der Waals surface area contributed by atoms with Gasteiger partial charge in [0.25, 0.3) is 0 Å². The molecule has 12 heavy (non-hydrogen) atoms. The molecule has 1 saturated heterocycles. The average molecular weight is 172 g/mol. The van der Waals surface area contributed by atoms with Crippen LogP contribution in [0.1, 0.15) is 6.92 Å². The van der Waals surface area contributed by atoms with Crippen LogP contribution in [0.3, 0.4) is 0 Å². The molecule has 1 fully saturated rings. The predicted molar refractivity (Wildman–Crippen MR) is 45.7 cm³/mol. The molecule has 0 bridgehead atoms. The monoisotopic (exact) mass is 172 g/mol. The van der Waals surface area contributed by atoms with E-state index in [4.69, 9.17) is 5.11 Å². The van der Waals surface area contributed by atoms with Crippen molar-refractivity contribution in [1.82, 2.24) is 10.2 Å². The number of rotatable bonds is 3. The Hall–Kier alpha value is -0.610. The number of hydrogen-bond donors (Lipinski definition) is 2. The highest BCUT2D eigenvalue weighted by molar-refractivity contribution is 5.78. The van der Waals surface area contributed by atoms with Crippen LogP contribution in [0, 0.1) is 5.92 Å². The zero-order valence-electron chi connectivity index (χ0n) is 7.42. The fourth-order valence-corrected chi connectivity index (χ4v) is 1.27. The van der Waals surface area contributed by atoms with Crippen LogP contribution in [-0.2, 0) is 4.79 Å². The van der Waals surface area contributed by atoms with Gasteiger partial charge in [-0.15, -0.1) is 0 Å². The van der Waals surface area contributed by atoms with Gasteiger partial charge in [0, 0.05) is 26.2 Å². The second-order valence-electron chi connectivity index (χ2n) is 3.30. The molecule has 1 rings (SSSR count). The van der Waals surface area contributed by atoms with Crippen LogP contribution in [0.15, 0.2) is 0 Å². The number of carbonyl (C=O) groups excluding carboxylic acids is 1. The molecule has 4 nitrogen and oxygen atoms in total.